The van der Waals surface area contributed by atoms with Crippen LogP contribution in [0.3, 0.4) is 0 Å². The molecule has 0 aliphatic carbocycles. The van der Waals surface area contributed by atoms with Crippen molar-refractivity contribution in [2.24, 2.45) is 0 Å². The molecule has 3 heterocycles. The van der Waals surface area contributed by atoms with Crippen LogP contribution in [0.4, 0.5) is 0 Å². The lowest BCUT2D eigenvalue weighted by molar-refractivity contribution is 0.0619. The molecular weight excluding hydrogens is 418 g/mol. The minimum Gasteiger partial charge on any atom is -0.448 e. The molecule has 0 saturated carbocycles. The molecule has 1 saturated heterocycles. The molecule has 146 valence electrons. The van der Waals surface area contributed by atoms with Crippen LogP contribution in [0.5, 0.6) is 0 Å². The van der Waals surface area contributed by atoms with Gasteiger partial charge in [0.25, 0.3) is 5.91 Å². The number of rotatable bonds is 5. The zero-order valence-corrected chi connectivity index (χ0v) is 17.6. The van der Waals surface area contributed by atoms with E-state index in [1.54, 1.807) is 6.08 Å². The maximum Gasteiger partial charge on any atom is 0.270 e. The number of piperazine rings is 1. The number of halogens is 1. The van der Waals surface area contributed by atoms with E-state index in [0.29, 0.717) is 16.9 Å². The fourth-order valence-electron chi connectivity index (χ4n) is 3.85. The van der Waals surface area contributed by atoms with Crippen molar-refractivity contribution in [3.05, 3.63) is 70.5 Å². The van der Waals surface area contributed by atoms with Gasteiger partial charge in [0.1, 0.15) is 5.69 Å². The summed E-state index contributed by atoms with van der Waals surface area (Å²) in [7, 11) is 0. The Morgan fingerprint density at radius 1 is 1.21 bits per heavy atom. The SMILES string of the molecule is C=CCn1c(C(=O)N2CCN(Cc3cccc(C)c3)CC2)cc2oc(Br)cc21. The van der Waals surface area contributed by atoms with E-state index in [1.807, 2.05) is 21.6 Å². The zero-order chi connectivity index (χ0) is 19.7. The quantitative estimate of drug-likeness (QED) is 0.549. The van der Waals surface area contributed by atoms with Crippen LogP contribution >= 0.6 is 15.9 Å². The molecule has 28 heavy (non-hydrogen) atoms. The number of carbonyl (C=O) groups excluding carboxylic acids is 1. The van der Waals surface area contributed by atoms with Gasteiger partial charge in [0.2, 0.25) is 0 Å². The number of furan rings is 1. The van der Waals surface area contributed by atoms with Crippen molar-refractivity contribution in [3.63, 3.8) is 0 Å². The minimum atomic E-state index is 0.0552. The maximum atomic E-state index is 13.2. The van der Waals surface area contributed by atoms with Gasteiger partial charge in [-0.3, -0.25) is 9.69 Å². The molecule has 0 N–H and O–H groups in total. The number of aryl methyl sites for hydroxylation is 1. The summed E-state index contributed by atoms with van der Waals surface area (Å²) in [5.41, 5.74) is 4.90. The van der Waals surface area contributed by atoms with Gasteiger partial charge in [-0.2, -0.15) is 0 Å². The molecule has 1 amide bonds. The average molecular weight is 442 g/mol. The Bertz CT molecular complexity index is 1010. The Kier molecular flexibility index (Phi) is 5.42. The Balaban J connectivity index is 1.45. The highest BCUT2D eigenvalue weighted by Gasteiger charge is 2.26. The van der Waals surface area contributed by atoms with Gasteiger partial charge in [-0.15, -0.1) is 6.58 Å². The number of hydrogen-bond donors (Lipinski definition) is 0. The van der Waals surface area contributed by atoms with Crippen molar-refractivity contribution in [2.45, 2.75) is 20.0 Å². The molecule has 1 aliphatic rings. The molecule has 1 aliphatic heterocycles. The van der Waals surface area contributed by atoms with Crippen molar-refractivity contribution in [1.29, 1.82) is 0 Å². The molecule has 4 rings (SSSR count). The lowest BCUT2D eigenvalue weighted by Crippen LogP contribution is -2.48. The number of fused-ring (bicyclic) bond motifs is 1. The van der Waals surface area contributed by atoms with E-state index in [1.165, 1.54) is 11.1 Å². The van der Waals surface area contributed by atoms with Crippen LogP contribution in [0, 0.1) is 6.92 Å². The highest BCUT2D eigenvalue weighted by molar-refractivity contribution is 9.10. The topological polar surface area (TPSA) is 41.6 Å². The van der Waals surface area contributed by atoms with Crippen molar-refractivity contribution in [1.82, 2.24) is 14.4 Å². The van der Waals surface area contributed by atoms with E-state index < -0.39 is 0 Å². The lowest BCUT2D eigenvalue weighted by Gasteiger charge is -2.35. The summed E-state index contributed by atoms with van der Waals surface area (Å²) in [5.74, 6) is 0.0552. The lowest BCUT2D eigenvalue weighted by atomic mass is 10.1. The van der Waals surface area contributed by atoms with Crippen LogP contribution in [-0.4, -0.2) is 46.5 Å². The maximum absolute atomic E-state index is 13.2. The third-order valence-corrected chi connectivity index (χ3v) is 5.63. The molecule has 0 unspecified atom stereocenters. The smallest absolute Gasteiger partial charge is 0.270 e. The Morgan fingerprint density at radius 2 is 2.00 bits per heavy atom. The highest BCUT2D eigenvalue weighted by atomic mass is 79.9. The normalized spacial score (nSPS) is 15.3. The summed E-state index contributed by atoms with van der Waals surface area (Å²) < 4.78 is 8.28. The summed E-state index contributed by atoms with van der Waals surface area (Å²) in [5, 5.41) is 0. The summed E-state index contributed by atoms with van der Waals surface area (Å²) in [6.45, 7) is 10.7. The van der Waals surface area contributed by atoms with Crippen molar-refractivity contribution >= 4 is 32.9 Å². The molecule has 0 radical (unpaired) electrons. The summed E-state index contributed by atoms with van der Waals surface area (Å²) in [6, 6.07) is 12.4. The predicted molar refractivity (Wildman–Crippen MR) is 114 cm³/mol. The second-order valence-corrected chi connectivity index (χ2v) is 8.07. The van der Waals surface area contributed by atoms with Gasteiger partial charge < -0.3 is 13.9 Å². The largest absolute Gasteiger partial charge is 0.448 e. The number of allylic oxidation sites excluding steroid dienone is 1. The molecular formula is C22H24BrN3O2. The van der Waals surface area contributed by atoms with Crippen molar-refractivity contribution < 1.29 is 9.21 Å². The third kappa shape index (κ3) is 3.80. The first-order valence-electron chi connectivity index (χ1n) is 9.52. The van der Waals surface area contributed by atoms with Crippen molar-refractivity contribution in [3.8, 4) is 0 Å². The molecule has 0 atom stereocenters. The van der Waals surface area contributed by atoms with Crippen LogP contribution < -0.4 is 0 Å². The first-order valence-corrected chi connectivity index (χ1v) is 10.3. The van der Waals surface area contributed by atoms with Crippen LogP contribution in [0.1, 0.15) is 21.6 Å². The third-order valence-electron chi connectivity index (χ3n) is 5.24. The molecule has 0 spiro atoms. The van der Waals surface area contributed by atoms with E-state index >= 15 is 0 Å². The fraction of sp³-hybridized carbons (Fsp3) is 0.318. The Morgan fingerprint density at radius 3 is 2.71 bits per heavy atom. The molecule has 1 fully saturated rings. The van der Waals surface area contributed by atoms with Gasteiger partial charge >= 0.3 is 0 Å². The van der Waals surface area contributed by atoms with E-state index in [2.05, 4.69) is 58.6 Å². The Labute approximate surface area is 173 Å². The van der Waals surface area contributed by atoms with Crippen LogP contribution in [0.25, 0.3) is 11.1 Å². The molecule has 1 aromatic carbocycles. The fourth-order valence-corrected chi connectivity index (χ4v) is 4.25. The second kappa shape index (κ2) is 7.97. The number of aromatic nitrogens is 1. The summed E-state index contributed by atoms with van der Waals surface area (Å²) in [4.78, 5) is 17.5. The van der Waals surface area contributed by atoms with Gasteiger partial charge in [-0.1, -0.05) is 35.9 Å². The highest BCUT2D eigenvalue weighted by Crippen LogP contribution is 2.28. The summed E-state index contributed by atoms with van der Waals surface area (Å²) >= 11 is 3.36. The molecule has 0 bridgehead atoms. The Hall–Kier alpha value is -2.31. The van der Waals surface area contributed by atoms with Gasteiger partial charge in [0.05, 0.1) is 5.52 Å². The number of carbonyl (C=O) groups is 1. The monoisotopic (exact) mass is 441 g/mol. The standard InChI is InChI=1S/C22H24BrN3O2/c1-3-7-26-18-14-21(23)28-20(18)13-19(26)22(27)25-10-8-24(9-11-25)15-17-6-4-5-16(2)12-17/h3-6,12-14H,1,7-11,15H2,2H3. The van der Waals surface area contributed by atoms with Gasteiger partial charge in [0, 0.05) is 51.4 Å². The van der Waals surface area contributed by atoms with E-state index in [4.69, 9.17) is 4.42 Å². The second-order valence-electron chi connectivity index (χ2n) is 7.29. The van der Waals surface area contributed by atoms with E-state index in [0.717, 1.165) is 43.8 Å². The zero-order valence-electron chi connectivity index (χ0n) is 16.0. The first kappa shape index (κ1) is 19.0. The van der Waals surface area contributed by atoms with E-state index in [-0.39, 0.29) is 5.91 Å². The molecule has 6 heteroatoms. The van der Waals surface area contributed by atoms with Crippen molar-refractivity contribution in [2.75, 3.05) is 26.2 Å². The number of amides is 1. The van der Waals surface area contributed by atoms with Crippen LogP contribution in [0.2, 0.25) is 0 Å². The number of benzene rings is 1. The van der Waals surface area contributed by atoms with Gasteiger partial charge in [-0.25, -0.2) is 0 Å². The average Bonchev–Trinajstić information content (AvgIpc) is 3.19. The minimum absolute atomic E-state index is 0.0552. The van der Waals surface area contributed by atoms with Crippen LogP contribution in [0.15, 0.2) is 58.1 Å². The first-order chi connectivity index (χ1) is 13.5. The molecule has 3 aromatic rings. The van der Waals surface area contributed by atoms with Crippen LogP contribution in [-0.2, 0) is 13.1 Å². The van der Waals surface area contributed by atoms with Gasteiger partial charge in [-0.05, 0) is 28.4 Å². The number of hydrogen-bond acceptors (Lipinski definition) is 3. The van der Waals surface area contributed by atoms with Gasteiger partial charge in [0.15, 0.2) is 10.3 Å². The summed E-state index contributed by atoms with van der Waals surface area (Å²) in [6.07, 6.45) is 1.80. The predicted octanol–water partition coefficient (Wildman–Crippen LogP) is 4.45. The number of nitrogens with zero attached hydrogens (tertiary/aromatic N) is 3. The van der Waals surface area contributed by atoms with E-state index in [9.17, 15) is 4.79 Å². The molecule has 2 aromatic heterocycles. The molecule has 5 nitrogen and oxygen atoms in total.